The van der Waals surface area contributed by atoms with Gasteiger partial charge in [0.1, 0.15) is 18.4 Å². The highest BCUT2D eigenvalue weighted by Gasteiger charge is 2.40. The Morgan fingerprint density at radius 2 is 1.65 bits per heavy atom. The number of carbonyl (C=O) groups is 5. The molecule has 1 unspecified atom stereocenters. The van der Waals surface area contributed by atoms with Gasteiger partial charge in [-0.1, -0.05) is 33.1 Å². The van der Waals surface area contributed by atoms with Gasteiger partial charge < -0.3 is 36.0 Å². The SMILES string of the molecule is CCCC(CCC)C(=O)N[C@@H](CC(=O)N[C@H]1CN2CCC1CC2)C(=O)N1CCCC1C(=O)N[C@H](C=O)CCCCC(C)=N. The molecule has 4 atom stereocenters. The van der Waals surface area contributed by atoms with Gasteiger partial charge in [0.05, 0.1) is 12.5 Å². The van der Waals surface area contributed by atoms with E-state index < -0.39 is 24.0 Å². The van der Waals surface area contributed by atoms with Crippen molar-refractivity contribution in [2.75, 3.05) is 26.2 Å². The maximum absolute atomic E-state index is 14.0. The number of hydrogen-bond donors (Lipinski definition) is 4. The molecule has 0 aromatic carbocycles. The van der Waals surface area contributed by atoms with Crippen molar-refractivity contribution in [3.05, 3.63) is 0 Å². The Morgan fingerprint density at radius 1 is 0.953 bits per heavy atom. The fourth-order valence-electron chi connectivity index (χ4n) is 6.88. The first-order valence-electron chi connectivity index (χ1n) is 16.6. The minimum absolute atomic E-state index is 0.0443. The molecule has 0 aromatic rings. The number of piperidine rings is 3. The van der Waals surface area contributed by atoms with E-state index in [-0.39, 0.29) is 36.1 Å². The lowest BCUT2D eigenvalue weighted by Crippen LogP contribution is -2.59. The third-order valence-corrected chi connectivity index (χ3v) is 9.30. The summed E-state index contributed by atoms with van der Waals surface area (Å²) in [5.41, 5.74) is 0.585. The molecule has 242 valence electrons. The molecule has 4 amide bonds. The standard InChI is InChI=1S/C32H54N6O5/c1-4-9-24(10-5-2)30(41)36-26(19-29(40)35-27-20-37-17-14-23(27)15-18-37)32(43)38-16-8-13-28(38)31(42)34-25(21-39)12-7-6-11-22(3)33/h21,23-28,33H,4-20H2,1-3H3,(H,34,42)(H,35,40)(H,36,41)/t25-,26-,27-,28?/m0/s1. The van der Waals surface area contributed by atoms with Gasteiger partial charge in [-0.15, -0.1) is 0 Å². The average Bonchev–Trinajstić information content (AvgIpc) is 3.48. The summed E-state index contributed by atoms with van der Waals surface area (Å²) in [5, 5.41) is 16.4. The van der Waals surface area contributed by atoms with Crippen molar-refractivity contribution in [2.24, 2.45) is 11.8 Å². The van der Waals surface area contributed by atoms with Gasteiger partial charge in [0.15, 0.2) is 0 Å². The first kappa shape index (κ1) is 34.7. The lowest BCUT2D eigenvalue weighted by molar-refractivity contribution is -0.143. The van der Waals surface area contributed by atoms with Crippen LogP contribution < -0.4 is 16.0 Å². The maximum atomic E-state index is 14.0. The van der Waals surface area contributed by atoms with Crippen LogP contribution in [0.2, 0.25) is 0 Å². The lowest BCUT2D eigenvalue weighted by atomic mass is 9.84. The number of fused-ring (bicyclic) bond motifs is 3. The number of carbonyl (C=O) groups excluding carboxylic acids is 5. The van der Waals surface area contributed by atoms with Crippen LogP contribution in [0.4, 0.5) is 0 Å². The van der Waals surface area contributed by atoms with Gasteiger partial charge in [0, 0.05) is 30.8 Å². The van der Waals surface area contributed by atoms with Crippen LogP contribution in [0.25, 0.3) is 0 Å². The van der Waals surface area contributed by atoms with Crippen molar-refractivity contribution in [1.82, 2.24) is 25.8 Å². The van der Waals surface area contributed by atoms with E-state index in [1.807, 2.05) is 13.8 Å². The van der Waals surface area contributed by atoms with Crippen molar-refractivity contribution in [3.63, 3.8) is 0 Å². The molecule has 4 rings (SSSR count). The number of nitrogens with one attached hydrogen (secondary N) is 4. The topological polar surface area (TPSA) is 152 Å². The predicted octanol–water partition coefficient (Wildman–Crippen LogP) is 2.56. The second-order valence-corrected chi connectivity index (χ2v) is 12.8. The molecule has 4 aliphatic rings. The third-order valence-electron chi connectivity index (χ3n) is 9.30. The molecule has 4 fully saturated rings. The molecule has 11 nitrogen and oxygen atoms in total. The van der Waals surface area contributed by atoms with E-state index in [4.69, 9.17) is 5.41 Å². The zero-order valence-corrected chi connectivity index (χ0v) is 26.5. The van der Waals surface area contributed by atoms with Gasteiger partial charge in [-0.3, -0.25) is 19.2 Å². The first-order chi connectivity index (χ1) is 20.7. The van der Waals surface area contributed by atoms with Crippen LogP contribution in [0, 0.1) is 17.2 Å². The molecule has 0 saturated carbocycles. The molecule has 4 saturated heterocycles. The van der Waals surface area contributed by atoms with Crippen LogP contribution in [0.1, 0.15) is 104 Å². The van der Waals surface area contributed by atoms with E-state index in [9.17, 15) is 24.0 Å². The number of likely N-dealkylation sites (tertiary alicyclic amines) is 1. The van der Waals surface area contributed by atoms with Crippen LogP contribution in [0.3, 0.4) is 0 Å². The summed E-state index contributed by atoms with van der Waals surface area (Å²) in [5.74, 6) is -1.10. The molecular formula is C32H54N6O5. The molecule has 0 radical (unpaired) electrons. The second-order valence-electron chi connectivity index (χ2n) is 12.8. The van der Waals surface area contributed by atoms with Crippen molar-refractivity contribution in [1.29, 1.82) is 5.41 Å². The number of hydrogen-bond acceptors (Lipinski definition) is 7. The third kappa shape index (κ3) is 10.4. The summed E-state index contributed by atoms with van der Waals surface area (Å²) in [6, 6.07) is -2.44. The Labute approximate surface area is 257 Å². The van der Waals surface area contributed by atoms with E-state index in [1.165, 1.54) is 4.90 Å². The fourth-order valence-corrected chi connectivity index (χ4v) is 6.88. The highest BCUT2D eigenvalue weighted by atomic mass is 16.2. The van der Waals surface area contributed by atoms with E-state index in [0.717, 1.165) is 58.0 Å². The van der Waals surface area contributed by atoms with Gasteiger partial charge >= 0.3 is 0 Å². The number of amides is 4. The monoisotopic (exact) mass is 602 g/mol. The molecule has 2 bridgehead atoms. The lowest BCUT2D eigenvalue weighted by Gasteiger charge is -2.45. The Balaban J connectivity index is 1.68. The molecule has 0 spiro atoms. The Kier molecular flexibility index (Phi) is 14.1. The fraction of sp³-hybridized carbons (Fsp3) is 0.812. The van der Waals surface area contributed by atoms with Gasteiger partial charge in [-0.2, -0.15) is 0 Å². The zero-order chi connectivity index (χ0) is 31.4. The van der Waals surface area contributed by atoms with Crippen molar-refractivity contribution in [3.8, 4) is 0 Å². The Bertz CT molecular complexity index is 975. The summed E-state index contributed by atoms with van der Waals surface area (Å²) in [7, 11) is 0. The maximum Gasteiger partial charge on any atom is 0.246 e. The highest BCUT2D eigenvalue weighted by molar-refractivity contribution is 5.96. The van der Waals surface area contributed by atoms with Crippen LogP contribution in [0.5, 0.6) is 0 Å². The van der Waals surface area contributed by atoms with E-state index in [0.29, 0.717) is 63.1 Å². The molecule has 0 aliphatic carbocycles. The number of unbranched alkanes of at least 4 members (excludes halogenated alkanes) is 1. The number of rotatable bonds is 18. The normalized spacial score (nSPS) is 24.3. The van der Waals surface area contributed by atoms with Gasteiger partial charge in [0.2, 0.25) is 23.6 Å². The molecule has 11 heteroatoms. The summed E-state index contributed by atoms with van der Waals surface area (Å²) in [6.45, 7) is 9.06. The van der Waals surface area contributed by atoms with E-state index >= 15 is 0 Å². The summed E-state index contributed by atoms with van der Waals surface area (Å²) in [4.78, 5) is 69.4. The van der Waals surface area contributed by atoms with Crippen molar-refractivity contribution >= 4 is 35.6 Å². The van der Waals surface area contributed by atoms with Gasteiger partial charge in [-0.05, 0) is 83.7 Å². The minimum atomic E-state index is -1.07. The molecule has 0 aromatic heterocycles. The Hall–Kier alpha value is -2.82. The average molecular weight is 603 g/mol. The summed E-state index contributed by atoms with van der Waals surface area (Å²) in [6.07, 6.45) is 9.40. The molecule has 4 heterocycles. The van der Waals surface area contributed by atoms with Crippen LogP contribution in [-0.2, 0) is 24.0 Å². The molecule has 4 aliphatic heterocycles. The van der Waals surface area contributed by atoms with E-state index in [1.54, 1.807) is 6.92 Å². The highest BCUT2D eigenvalue weighted by Crippen LogP contribution is 2.28. The van der Waals surface area contributed by atoms with Crippen LogP contribution in [-0.4, -0.2) is 95.8 Å². The van der Waals surface area contributed by atoms with Crippen LogP contribution in [0.15, 0.2) is 0 Å². The molecular weight excluding hydrogens is 548 g/mol. The second kappa shape index (κ2) is 17.5. The van der Waals surface area contributed by atoms with Gasteiger partial charge in [0.25, 0.3) is 0 Å². The van der Waals surface area contributed by atoms with Gasteiger partial charge in [-0.25, -0.2) is 0 Å². The predicted molar refractivity (Wildman–Crippen MR) is 166 cm³/mol. The largest absolute Gasteiger partial charge is 0.352 e. The molecule has 4 N–H and O–H groups in total. The van der Waals surface area contributed by atoms with Crippen LogP contribution >= 0.6 is 0 Å². The Morgan fingerprint density at radius 3 is 2.23 bits per heavy atom. The summed E-state index contributed by atoms with van der Waals surface area (Å²) >= 11 is 0. The first-order valence-corrected chi connectivity index (χ1v) is 16.6. The number of aldehydes is 1. The van der Waals surface area contributed by atoms with E-state index in [2.05, 4.69) is 20.9 Å². The smallest absolute Gasteiger partial charge is 0.246 e. The molecule has 43 heavy (non-hydrogen) atoms. The zero-order valence-electron chi connectivity index (χ0n) is 26.5. The minimum Gasteiger partial charge on any atom is -0.352 e. The summed E-state index contributed by atoms with van der Waals surface area (Å²) < 4.78 is 0. The number of nitrogens with zero attached hydrogens (tertiary/aromatic N) is 2. The van der Waals surface area contributed by atoms with Crippen molar-refractivity contribution < 1.29 is 24.0 Å². The van der Waals surface area contributed by atoms with Crippen molar-refractivity contribution in [2.45, 2.75) is 128 Å². The quantitative estimate of drug-likeness (QED) is 0.108.